The summed E-state index contributed by atoms with van der Waals surface area (Å²) in [6.45, 7) is 3.42. The average Bonchev–Trinajstić information content (AvgIpc) is 2.84. The summed E-state index contributed by atoms with van der Waals surface area (Å²) in [5.41, 5.74) is 1.50. The Morgan fingerprint density at radius 2 is 2.14 bits per heavy atom. The van der Waals surface area contributed by atoms with Crippen molar-refractivity contribution >= 4 is 12.4 Å². The third-order valence-electron chi connectivity index (χ3n) is 4.33. The fourth-order valence-electron chi connectivity index (χ4n) is 3.26. The maximum Gasteiger partial charge on any atom is 0.339 e. The molecule has 112 valence electrons. The number of benzene rings is 1. The van der Waals surface area contributed by atoms with Gasteiger partial charge in [0.25, 0.3) is 0 Å². The van der Waals surface area contributed by atoms with Gasteiger partial charge in [-0.3, -0.25) is 4.79 Å². The fraction of sp³-hybridized carbons (Fsp3) is 0.500. The van der Waals surface area contributed by atoms with Crippen LogP contribution in [0.15, 0.2) is 24.3 Å². The number of carbonyl (C=O) groups excluding carboxylic acids is 2. The third-order valence-corrected chi connectivity index (χ3v) is 4.33. The highest BCUT2D eigenvalue weighted by Gasteiger charge is 2.49. The van der Waals surface area contributed by atoms with Crippen molar-refractivity contribution in [2.75, 3.05) is 19.7 Å². The van der Waals surface area contributed by atoms with Crippen molar-refractivity contribution in [2.24, 2.45) is 0 Å². The first kappa shape index (κ1) is 14.1. The highest BCUT2D eigenvalue weighted by molar-refractivity contribution is 5.78. The van der Waals surface area contributed by atoms with Crippen LogP contribution in [0.25, 0.3) is 0 Å². The van der Waals surface area contributed by atoms with Gasteiger partial charge in [-0.1, -0.05) is 24.3 Å². The van der Waals surface area contributed by atoms with Crippen LogP contribution in [-0.4, -0.2) is 37.0 Å². The fourth-order valence-corrected chi connectivity index (χ4v) is 3.26. The van der Waals surface area contributed by atoms with E-state index < -0.39 is 11.7 Å². The summed E-state index contributed by atoms with van der Waals surface area (Å²) in [6, 6.07) is 7.82. The van der Waals surface area contributed by atoms with E-state index in [1.165, 1.54) is 0 Å². The van der Waals surface area contributed by atoms with Crippen LogP contribution in [-0.2, 0) is 24.7 Å². The van der Waals surface area contributed by atoms with Gasteiger partial charge in [0.1, 0.15) is 0 Å². The van der Waals surface area contributed by atoms with Gasteiger partial charge in [0.2, 0.25) is 6.41 Å². The van der Waals surface area contributed by atoms with Gasteiger partial charge >= 0.3 is 5.97 Å². The number of likely N-dealkylation sites (tertiary alicyclic amines) is 1. The summed E-state index contributed by atoms with van der Waals surface area (Å²) in [7, 11) is 0. The van der Waals surface area contributed by atoms with Gasteiger partial charge in [0, 0.05) is 13.1 Å². The molecular weight excluding hydrogens is 270 g/mol. The standard InChI is InChI=1S/C16H19NO4/c1-2-20-15(19)14-12-5-3-4-6-13(12)16(21-14)7-9-17(11-18)10-8-16/h3-6,11,14H,2,7-10H2,1H3. The zero-order valence-electron chi connectivity index (χ0n) is 12.1. The van der Waals surface area contributed by atoms with Crippen LogP contribution in [0.2, 0.25) is 0 Å². The maximum absolute atomic E-state index is 12.1. The van der Waals surface area contributed by atoms with Gasteiger partial charge in [0.15, 0.2) is 6.10 Å². The number of nitrogens with zero attached hydrogens (tertiary/aromatic N) is 1. The topological polar surface area (TPSA) is 55.8 Å². The van der Waals surface area contributed by atoms with E-state index in [1.807, 2.05) is 24.3 Å². The van der Waals surface area contributed by atoms with Crippen molar-refractivity contribution in [3.63, 3.8) is 0 Å². The van der Waals surface area contributed by atoms with Gasteiger partial charge in [0.05, 0.1) is 12.2 Å². The summed E-state index contributed by atoms with van der Waals surface area (Å²) in [4.78, 5) is 24.8. The van der Waals surface area contributed by atoms with E-state index in [9.17, 15) is 9.59 Å². The van der Waals surface area contributed by atoms with E-state index in [-0.39, 0.29) is 5.97 Å². The van der Waals surface area contributed by atoms with Gasteiger partial charge in [-0.15, -0.1) is 0 Å². The molecule has 0 bridgehead atoms. The molecule has 0 radical (unpaired) electrons. The summed E-state index contributed by atoms with van der Waals surface area (Å²) in [6.07, 6.45) is 1.64. The number of hydrogen-bond donors (Lipinski definition) is 0. The monoisotopic (exact) mass is 289 g/mol. The number of hydrogen-bond acceptors (Lipinski definition) is 4. The summed E-state index contributed by atoms with van der Waals surface area (Å²) >= 11 is 0. The SMILES string of the molecule is CCOC(=O)C1OC2(CCN(C=O)CC2)c2ccccc21. The Morgan fingerprint density at radius 3 is 2.81 bits per heavy atom. The normalized spacial score (nSPS) is 22.9. The van der Waals surface area contributed by atoms with Crippen LogP contribution in [0, 0.1) is 0 Å². The first-order chi connectivity index (χ1) is 10.2. The molecule has 5 nitrogen and oxygen atoms in total. The lowest BCUT2D eigenvalue weighted by atomic mass is 9.83. The second-order valence-corrected chi connectivity index (χ2v) is 5.47. The number of carbonyl (C=O) groups is 2. The van der Waals surface area contributed by atoms with E-state index in [1.54, 1.807) is 11.8 Å². The molecule has 2 aliphatic heterocycles. The molecule has 0 aromatic heterocycles. The predicted molar refractivity (Wildman–Crippen MR) is 75.5 cm³/mol. The van der Waals surface area contributed by atoms with Gasteiger partial charge in [-0.25, -0.2) is 4.79 Å². The Bertz CT molecular complexity index is 549. The maximum atomic E-state index is 12.1. The number of esters is 1. The predicted octanol–water partition coefficient (Wildman–Crippen LogP) is 1.77. The minimum absolute atomic E-state index is 0.334. The molecule has 1 atom stereocenters. The largest absolute Gasteiger partial charge is 0.464 e. The number of piperidine rings is 1. The molecule has 5 heteroatoms. The quantitative estimate of drug-likeness (QED) is 0.628. The molecule has 0 saturated carbocycles. The number of fused-ring (bicyclic) bond motifs is 2. The smallest absolute Gasteiger partial charge is 0.339 e. The molecule has 21 heavy (non-hydrogen) atoms. The molecule has 1 unspecified atom stereocenters. The molecule has 1 aromatic rings. The number of amides is 1. The van der Waals surface area contributed by atoms with Crippen molar-refractivity contribution in [3.8, 4) is 0 Å². The Hall–Kier alpha value is -1.88. The Labute approximate surface area is 123 Å². The summed E-state index contributed by atoms with van der Waals surface area (Å²) in [5, 5.41) is 0. The Kier molecular flexibility index (Phi) is 3.68. The highest BCUT2D eigenvalue weighted by Crippen LogP contribution is 2.49. The minimum atomic E-state index is -0.649. The average molecular weight is 289 g/mol. The van der Waals surface area contributed by atoms with E-state index in [0.717, 1.165) is 17.5 Å². The molecule has 2 aliphatic rings. The molecule has 0 aliphatic carbocycles. The van der Waals surface area contributed by atoms with Crippen LogP contribution in [0.4, 0.5) is 0 Å². The van der Waals surface area contributed by atoms with Gasteiger partial charge in [-0.2, -0.15) is 0 Å². The lowest BCUT2D eigenvalue weighted by Crippen LogP contribution is -2.42. The van der Waals surface area contributed by atoms with E-state index >= 15 is 0 Å². The molecule has 1 fully saturated rings. The third kappa shape index (κ3) is 2.31. The van der Waals surface area contributed by atoms with Crippen molar-refractivity contribution in [1.29, 1.82) is 0 Å². The first-order valence-electron chi connectivity index (χ1n) is 7.33. The van der Waals surface area contributed by atoms with Crippen LogP contribution in [0.1, 0.15) is 37.0 Å². The van der Waals surface area contributed by atoms with Crippen LogP contribution in [0.5, 0.6) is 0 Å². The second-order valence-electron chi connectivity index (χ2n) is 5.47. The Morgan fingerprint density at radius 1 is 1.43 bits per heavy atom. The van der Waals surface area contributed by atoms with Crippen LogP contribution in [0.3, 0.4) is 0 Å². The molecule has 0 N–H and O–H groups in total. The van der Waals surface area contributed by atoms with Crippen molar-refractivity contribution in [3.05, 3.63) is 35.4 Å². The first-order valence-corrected chi connectivity index (χ1v) is 7.33. The molecule has 3 rings (SSSR count). The lowest BCUT2D eigenvalue weighted by molar-refractivity contribution is -0.172. The van der Waals surface area contributed by atoms with Crippen molar-refractivity contribution in [1.82, 2.24) is 4.90 Å². The molecule has 1 saturated heterocycles. The van der Waals surface area contributed by atoms with Crippen molar-refractivity contribution in [2.45, 2.75) is 31.5 Å². The lowest BCUT2D eigenvalue weighted by Gasteiger charge is -2.38. The zero-order valence-corrected chi connectivity index (χ0v) is 12.1. The van der Waals surface area contributed by atoms with Gasteiger partial charge < -0.3 is 14.4 Å². The van der Waals surface area contributed by atoms with E-state index in [4.69, 9.17) is 9.47 Å². The van der Waals surface area contributed by atoms with E-state index in [2.05, 4.69) is 0 Å². The molecular formula is C16H19NO4. The van der Waals surface area contributed by atoms with E-state index in [0.29, 0.717) is 32.5 Å². The molecule has 1 amide bonds. The summed E-state index contributed by atoms with van der Waals surface area (Å²) < 4.78 is 11.3. The highest BCUT2D eigenvalue weighted by atomic mass is 16.6. The number of ether oxygens (including phenoxy) is 2. The zero-order chi connectivity index (χ0) is 14.9. The van der Waals surface area contributed by atoms with Gasteiger partial charge in [-0.05, 0) is 30.9 Å². The second kappa shape index (κ2) is 5.48. The van der Waals surface area contributed by atoms with Crippen molar-refractivity contribution < 1.29 is 19.1 Å². The Balaban J connectivity index is 1.91. The molecule has 1 aromatic carbocycles. The van der Waals surface area contributed by atoms with Crippen LogP contribution >= 0.6 is 0 Å². The minimum Gasteiger partial charge on any atom is -0.464 e. The summed E-state index contributed by atoms with van der Waals surface area (Å²) in [5.74, 6) is -0.334. The van der Waals surface area contributed by atoms with Crippen LogP contribution < -0.4 is 0 Å². The number of rotatable bonds is 3. The molecule has 2 heterocycles. The molecule has 1 spiro atoms.